The zero-order valence-electron chi connectivity index (χ0n) is 10.7. The lowest BCUT2D eigenvalue weighted by molar-refractivity contribution is 0.0994. The Balaban J connectivity index is 1.52. The van der Waals surface area contributed by atoms with Crippen LogP contribution in [0.5, 0.6) is 5.75 Å². The molecule has 0 N–H and O–H groups in total. The maximum Gasteiger partial charge on any atom is 0.163 e. The van der Waals surface area contributed by atoms with E-state index in [4.69, 9.17) is 4.74 Å². The summed E-state index contributed by atoms with van der Waals surface area (Å²) in [5.41, 5.74) is 1.99. The van der Waals surface area contributed by atoms with Gasteiger partial charge in [-0.1, -0.05) is 0 Å². The molecule has 1 aliphatic carbocycles. The third kappa shape index (κ3) is 2.67. The minimum absolute atomic E-state index is 0.252. The van der Waals surface area contributed by atoms with Crippen molar-refractivity contribution in [2.24, 2.45) is 0 Å². The van der Waals surface area contributed by atoms with E-state index in [9.17, 15) is 4.79 Å². The molecule has 4 heteroatoms. The van der Waals surface area contributed by atoms with E-state index in [0.29, 0.717) is 13.0 Å². The van der Waals surface area contributed by atoms with Crippen molar-refractivity contribution in [1.29, 1.82) is 0 Å². The van der Waals surface area contributed by atoms with Crippen molar-refractivity contribution in [3.8, 4) is 5.75 Å². The summed E-state index contributed by atoms with van der Waals surface area (Å²) in [5.74, 6) is 1.11. The molecule has 0 saturated carbocycles. The molecule has 0 aliphatic heterocycles. The highest BCUT2D eigenvalue weighted by Crippen LogP contribution is 2.26. The number of aryl methyl sites for hydroxylation is 2. The van der Waals surface area contributed by atoms with Gasteiger partial charge in [-0.25, -0.2) is 4.98 Å². The van der Waals surface area contributed by atoms with Gasteiger partial charge in [0.15, 0.2) is 5.78 Å². The van der Waals surface area contributed by atoms with E-state index in [2.05, 4.69) is 4.98 Å². The smallest absolute Gasteiger partial charge is 0.163 e. The van der Waals surface area contributed by atoms with E-state index in [1.54, 1.807) is 12.5 Å². The van der Waals surface area contributed by atoms with Crippen LogP contribution >= 0.6 is 0 Å². The number of carbonyl (C=O) groups excluding carboxylic acids is 1. The zero-order chi connectivity index (χ0) is 13.1. The molecule has 2 aromatic rings. The normalized spacial score (nSPS) is 13.6. The molecule has 1 aliphatic rings. The number of ether oxygens (including phenoxy) is 1. The van der Waals surface area contributed by atoms with Gasteiger partial charge in [-0.15, -0.1) is 0 Å². The summed E-state index contributed by atoms with van der Waals surface area (Å²) >= 11 is 0. The van der Waals surface area contributed by atoms with Crippen LogP contribution in [-0.4, -0.2) is 21.9 Å². The molecule has 0 atom stereocenters. The number of carbonyl (C=O) groups is 1. The Morgan fingerprint density at radius 1 is 1.32 bits per heavy atom. The van der Waals surface area contributed by atoms with Crippen LogP contribution < -0.4 is 4.74 Å². The SMILES string of the molecule is O=C1CCc2cc(OCCCn3ccnc3)ccc21. The first-order valence-corrected chi connectivity index (χ1v) is 6.57. The molecule has 19 heavy (non-hydrogen) atoms. The summed E-state index contributed by atoms with van der Waals surface area (Å²) in [5, 5.41) is 0. The van der Waals surface area contributed by atoms with Crippen LogP contribution in [0.15, 0.2) is 36.9 Å². The second-order valence-electron chi connectivity index (χ2n) is 4.74. The van der Waals surface area contributed by atoms with E-state index in [1.165, 1.54) is 0 Å². The summed E-state index contributed by atoms with van der Waals surface area (Å²) < 4.78 is 7.75. The third-order valence-electron chi connectivity index (χ3n) is 3.39. The lowest BCUT2D eigenvalue weighted by Gasteiger charge is -2.08. The first-order valence-electron chi connectivity index (χ1n) is 6.57. The molecule has 0 radical (unpaired) electrons. The Morgan fingerprint density at radius 3 is 3.11 bits per heavy atom. The van der Waals surface area contributed by atoms with Crippen LogP contribution in [-0.2, 0) is 13.0 Å². The van der Waals surface area contributed by atoms with Crippen molar-refractivity contribution in [3.05, 3.63) is 48.0 Å². The maximum absolute atomic E-state index is 11.5. The number of nitrogens with zero attached hydrogens (tertiary/aromatic N) is 2. The quantitative estimate of drug-likeness (QED) is 0.772. The zero-order valence-corrected chi connectivity index (χ0v) is 10.7. The predicted molar refractivity (Wildman–Crippen MR) is 71.4 cm³/mol. The van der Waals surface area contributed by atoms with Gasteiger partial charge >= 0.3 is 0 Å². The van der Waals surface area contributed by atoms with Gasteiger partial charge in [-0.05, 0) is 36.6 Å². The highest BCUT2D eigenvalue weighted by molar-refractivity contribution is 6.00. The van der Waals surface area contributed by atoms with E-state index < -0.39 is 0 Å². The molecule has 1 heterocycles. The Bertz CT molecular complexity index is 576. The Hall–Kier alpha value is -2.10. The summed E-state index contributed by atoms with van der Waals surface area (Å²) in [6.07, 6.45) is 7.95. The monoisotopic (exact) mass is 256 g/mol. The minimum atomic E-state index is 0.252. The number of fused-ring (bicyclic) bond motifs is 1. The van der Waals surface area contributed by atoms with Gasteiger partial charge in [-0.2, -0.15) is 0 Å². The molecule has 0 bridgehead atoms. The lowest BCUT2D eigenvalue weighted by atomic mass is 10.1. The van der Waals surface area contributed by atoms with Crippen molar-refractivity contribution in [1.82, 2.24) is 9.55 Å². The number of ketones is 1. The number of Topliss-reactive ketones (excluding diaryl/α,β-unsaturated/α-hetero) is 1. The molecular weight excluding hydrogens is 240 g/mol. The van der Waals surface area contributed by atoms with Crippen molar-refractivity contribution in [2.45, 2.75) is 25.8 Å². The van der Waals surface area contributed by atoms with Gasteiger partial charge in [-0.3, -0.25) is 4.79 Å². The van der Waals surface area contributed by atoms with Gasteiger partial charge in [0.05, 0.1) is 12.9 Å². The number of benzene rings is 1. The van der Waals surface area contributed by atoms with Crippen LogP contribution in [0.25, 0.3) is 0 Å². The molecule has 0 unspecified atom stereocenters. The highest BCUT2D eigenvalue weighted by Gasteiger charge is 2.19. The lowest BCUT2D eigenvalue weighted by Crippen LogP contribution is -2.03. The van der Waals surface area contributed by atoms with Gasteiger partial charge < -0.3 is 9.30 Å². The largest absolute Gasteiger partial charge is 0.494 e. The molecule has 3 rings (SSSR count). The van der Waals surface area contributed by atoms with E-state index >= 15 is 0 Å². The third-order valence-corrected chi connectivity index (χ3v) is 3.39. The second-order valence-corrected chi connectivity index (χ2v) is 4.74. The molecule has 98 valence electrons. The Morgan fingerprint density at radius 2 is 2.26 bits per heavy atom. The fourth-order valence-corrected chi connectivity index (χ4v) is 2.38. The van der Waals surface area contributed by atoms with Gasteiger partial charge in [0.2, 0.25) is 0 Å². The molecule has 4 nitrogen and oxygen atoms in total. The van der Waals surface area contributed by atoms with Crippen molar-refractivity contribution in [3.63, 3.8) is 0 Å². The molecule has 0 amide bonds. The first-order chi connectivity index (χ1) is 9.33. The van der Waals surface area contributed by atoms with Crippen LogP contribution in [0.2, 0.25) is 0 Å². The summed E-state index contributed by atoms with van der Waals surface area (Å²) in [6.45, 7) is 1.58. The summed E-state index contributed by atoms with van der Waals surface area (Å²) in [4.78, 5) is 15.5. The summed E-state index contributed by atoms with van der Waals surface area (Å²) in [6, 6.07) is 5.77. The molecule has 0 spiro atoms. The topological polar surface area (TPSA) is 44.1 Å². The van der Waals surface area contributed by atoms with E-state index in [0.717, 1.165) is 36.3 Å². The van der Waals surface area contributed by atoms with Crippen LogP contribution in [0, 0.1) is 0 Å². The number of rotatable bonds is 5. The van der Waals surface area contributed by atoms with Gasteiger partial charge in [0.1, 0.15) is 5.75 Å². The van der Waals surface area contributed by atoms with Crippen LogP contribution in [0.3, 0.4) is 0 Å². The van der Waals surface area contributed by atoms with Crippen molar-refractivity contribution in [2.75, 3.05) is 6.61 Å². The predicted octanol–water partition coefficient (Wildman–Crippen LogP) is 2.48. The van der Waals surface area contributed by atoms with Crippen molar-refractivity contribution >= 4 is 5.78 Å². The molecule has 0 fully saturated rings. The van der Waals surface area contributed by atoms with E-state index in [-0.39, 0.29) is 5.78 Å². The van der Waals surface area contributed by atoms with Gasteiger partial charge in [0.25, 0.3) is 0 Å². The number of hydrogen-bond donors (Lipinski definition) is 0. The minimum Gasteiger partial charge on any atom is -0.494 e. The average Bonchev–Trinajstić information content (AvgIpc) is 3.05. The standard InChI is InChI=1S/C15H16N2O2/c18-15-5-2-12-10-13(3-4-14(12)15)19-9-1-7-17-8-6-16-11-17/h3-4,6,8,10-11H,1-2,5,7,9H2. The number of aromatic nitrogens is 2. The van der Waals surface area contributed by atoms with Crippen molar-refractivity contribution < 1.29 is 9.53 Å². The van der Waals surface area contributed by atoms with Gasteiger partial charge in [0, 0.05) is 30.9 Å². The average molecular weight is 256 g/mol. The molecule has 0 saturated heterocycles. The molecular formula is C15H16N2O2. The first kappa shape index (κ1) is 12.0. The Kier molecular flexibility index (Phi) is 3.31. The molecule has 1 aromatic carbocycles. The fraction of sp³-hybridized carbons (Fsp3) is 0.333. The van der Waals surface area contributed by atoms with Crippen LogP contribution in [0.4, 0.5) is 0 Å². The number of imidazole rings is 1. The van der Waals surface area contributed by atoms with E-state index in [1.807, 2.05) is 29.0 Å². The highest BCUT2D eigenvalue weighted by atomic mass is 16.5. The van der Waals surface area contributed by atoms with Crippen LogP contribution in [0.1, 0.15) is 28.8 Å². The Labute approximate surface area is 112 Å². The fourth-order valence-electron chi connectivity index (χ4n) is 2.38. The maximum atomic E-state index is 11.5. The summed E-state index contributed by atoms with van der Waals surface area (Å²) in [7, 11) is 0. The molecule has 1 aromatic heterocycles. The number of hydrogen-bond acceptors (Lipinski definition) is 3. The second kappa shape index (κ2) is 5.26.